The monoisotopic (exact) mass is 268 g/mol. The fraction of sp³-hybridized carbons (Fsp3) is 1.00. The first-order valence-corrected chi connectivity index (χ1v) is 6.58. The van der Waals surface area contributed by atoms with Gasteiger partial charge in [-0.1, -0.05) is 20.3 Å². The van der Waals surface area contributed by atoms with Crippen LogP contribution in [0.25, 0.3) is 0 Å². The molecule has 0 saturated carbocycles. The second kappa shape index (κ2) is 7.34. The van der Waals surface area contributed by atoms with Gasteiger partial charge in [0.05, 0.1) is 6.54 Å². The molecule has 0 spiro atoms. The summed E-state index contributed by atoms with van der Waals surface area (Å²) in [6.45, 7) is 8.07. The Morgan fingerprint density at radius 2 is 1.67 bits per heavy atom. The Bertz CT molecular complexity index is 225. The number of hydrogen-bond acceptors (Lipinski definition) is 2. The van der Waals surface area contributed by atoms with E-state index in [-0.39, 0.29) is 11.5 Å². The van der Waals surface area contributed by atoms with Crippen LogP contribution in [0.5, 0.6) is 0 Å². The first-order chi connectivity index (χ1) is 8.07. The summed E-state index contributed by atoms with van der Waals surface area (Å²) in [5.74, 6) is 0. The summed E-state index contributed by atoms with van der Waals surface area (Å²) in [5.41, 5.74) is 5.71. The number of alkyl halides is 3. The van der Waals surface area contributed by atoms with Crippen molar-refractivity contribution in [3.05, 3.63) is 0 Å². The van der Waals surface area contributed by atoms with E-state index in [1.54, 1.807) is 13.8 Å². The lowest BCUT2D eigenvalue weighted by molar-refractivity contribution is -0.149. The molecule has 110 valence electrons. The molecule has 0 aromatic heterocycles. The molecule has 2 nitrogen and oxygen atoms in total. The molecule has 0 rings (SSSR count). The summed E-state index contributed by atoms with van der Waals surface area (Å²) >= 11 is 0. The van der Waals surface area contributed by atoms with Crippen LogP contribution in [-0.2, 0) is 0 Å². The van der Waals surface area contributed by atoms with Gasteiger partial charge >= 0.3 is 6.18 Å². The molecule has 18 heavy (non-hydrogen) atoms. The lowest BCUT2D eigenvalue weighted by atomic mass is 9.87. The quantitative estimate of drug-likeness (QED) is 0.683. The zero-order chi connectivity index (χ0) is 14.4. The summed E-state index contributed by atoms with van der Waals surface area (Å²) in [6, 6.07) is -0.0749. The van der Waals surface area contributed by atoms with E-state index in [0.717, 1.165) is 19.3 Å². The van der Waals surface area contributed by atoms with E-state index in [1.807, 2.05) is 0 Å². The minimum atomic E-state index is -4.11. The molecule has 0 amide bonds. The van der Waals surface area contributed by atoms with Gasteiger partial charge in [-0.2, -0.15) is 13.2 Å². The maximum absolute atomic E-state index is 12.4. The summed E-state index contributed by atoms with van der Waals surface area (Å²) in [7, 11) is 0. The van der Waals surface area contributed by atoms with Gasteiger partial charge in [-0.15, -0.1) is 0 Å². The molecule has 0 heterocycles. The Hall–Kier alpha value is -0.290. The fourth-order valence-electron chi connectivity index (χ4n) is 1.77. The molecule has 0 unspecified atom stereocenters. The van der Waals surface area contributed by atoms with E-state index >= 15 is 0 Å². The topological polar surface area (TPSA) is 29.3 Å². The number of hydrogen-bond donors (Lipinski definition) is 1. The van der Waals surface area contributed by atoms with Gasteiger partial charge in [0.25, 0.3) is 0 Å². The van der Waals surface area contributed by atoms with Crippen LogP contribution in [0, 0.1) is 5.41 Å². The van der Waals surface area contributed by atoms with Gasteiger partial charge in [0, 0.05) is 6.04 Å². The highest BCUT2D eigenvalue weighted by Crippen LogP contribution is 2.22. The third-order valence-electron chi connectivity index (χ3n) is 3.21. The van der Waals surface area contributed by atoms with Crippen molar-refractivity contribution in [2.45, 2.75) is 59.2 Å². The Morgan fingerprint density at radius 1 is 1.11 bits per heavy atom. The highest BCUT2D eigenvalue weighted by Gasteiger charge is 2.31. The minimum absolute atomic E-state index is 0.0749. The number of halogens is 3. The molecule has 0 aliphatic carbocycles. The smallest absolute Gasteiger partial charge is 0.330 e. The average Bonchev–Trinajstić information content (AvgIpc) is 2.20. The Kier molecular flexibility index (Phi) is 7.22. The van der Waals surface area contributed by atoms with E-state index in [4.69, 9.17) is 5.73 Å². The molecule has 0 aromatic carbocycles. The molecule has 0 aromatic rings. The third-order valence-corrected chi connectivity index (χ3v) is 3.21. The lowest BCUT2D eigenvalue weighted by Gasteiger charge is -2.28. The third kappa shape index (κ3) is 8.75. The van der Waals surface area contributed by atoms with Gasteiger partial charge in [-0.3, -0.25) is 4.90 Å². The van der Waals surface area contributed by atoms with Crippen molar-refractivity contribution < 1.29 is 13.2 Å². The second-order valence-corrected chi connectivity index (χ2v) is 6.00. The van der Waals surface area contributed by atoms with Crippen LogP contribution in [0.1, 0.15) is 47.0 Å². The van der Waals surface area contributed by atoms with Crippen LogP contribution >= 0.6 is 0 Å². The molecule has 0 radical (unpaired) electrons. The van der Waals surface area contributed by atoms with Gasteiger partial charge in [0.2, 0.25) is 0 Å². The van der Waals surface area contributed by atoms with Crippen LogP contribution in [-0.4, -0.2) is 36.8 Å². The average molecular weight is 268 g/mol. The molecule has 0 atom stereocenters. The van der Waals surface area contributed by atoms with Crippen molar-refractivity contribution in [3.8, 4) is 0 Å². The maximum Gasteiger partial charge on any atom is 0.401 e. The van der Waals surface area contributed by atoms with Crippen molar-refractivity contribution in [2.75, 3.05) is 19.6 Å². The highest BCUT2D eigenvalue weighted by atomic mass is 19.4. The van der Waals surface area contributed by atoms with E-state index < -0.39 is 12.7 Å². The predicted octanol–water partition coefficient (Wildman–Crippen LogP) is 3.41. The zero-order valence-electron chi connectivity index (χ0n) is 12.0. The Morgan fingerprint density at radius 3 is 2.06 bits per heavy atom. The van der Waals surface area contributed by atoms with Crippen molar-refractivity contribution >= 4 is 0 Å². The first-order valence-electron chi connectivity index (χ1n) is 6.58. The lowest BCUT2D eigenvalue weighted by Crippen LogP contribution is -2.39. The van der Waals surface area contributed by atoms with Crippen LogP contribution in [0.2, 0.25) is 0 Å². The molecule has 0 bridgehead atoms. The second-order valence-electron chi connectivity index (χ2n) is 6.00. The molecular weight excluding hydrogens is 241 g/mol. The van der Waals surface area contributed by atoms with Crippen molar-refractivity contribution in [1.82, 2.24) is 4.90 Å². The molecule has 2 N–H and O–H groups in total. The highest BCUT2D eigenvalue weighted by molar-refractivity contribution is 4.71. The van der Waals surface area contributed by atoms with Gasteiger partial charge in [0.1, 0.15) is 0 Å². The van der Waals surface area contributed by atoms with E-state index in [1.165, 1.54) is 4.90 Å². The van der Waals surface area contributed by atoms with Gasteiger partial charge < -0.3 is 5.73 Å². The van der Waals surface area contributed by atoms with Gasteiger partial charge in [-0.05, 0) is 45.2 Å². The molecule has 0 fully saturated rings. The van der Waals surface area contributed by atoms with Crippen LogP contribution in [0.4, 0.5) is 13.2 Å². The normalized spacial score (nSPS) is 13.7. The van der Waals surface area contributed by atoms with Crippen molar-refractivity contribution in [2.24, 2.45) is 11.1 Å². The van der Waals surface area contributed by atoms with E-state index in [2.05, 4.69) is 13.8 Å². The predicted molar refractivity (Wildman–Crippen MR) is 69.5 cm³/mol. The van der Waals surface area contributed by atoms with E-state index in [0.29, 0.717) is 13.1 Å². The summed E-state index contributed by atoms with van der Waals surface area (Å²) in [5, 5.41) is 0. The fourth-order valence-corrected chi connectivity index (χ4v) is 1.77. The summed E-state index contributed by atoms with van der Waals surface area (Å²) in [6.07, 6.45) is -1.44. The molecule has 0 saturated heterocycles. The molecule has 0 aliphatic heterocycles. The van der Waals surface area contributed by atoms with Crippen molar-refractivity contribution in [1.29, 1.82) is 0 Å². The van der Waals surface area contributed by atoms with Crippen molar-refractivity contribution in [3.63, 3.8) is 0 Å². The Balaban J connectivity index is 3.99. The number of rotatable bonds is 8. The minimum Gasteiger partial charge on any atom is -0.330 e. The molecular formula is C13H27F3N2. The van der Waals surface area contributed by atoms with Crippen LogP contribution in [0.15, 0.2) is 0 Å². The Labute approximate surface area is 109 Å². The number of nitrogens with two attached hydrogens (primary N) is 1. The number of unbranched alkanes of at least 4 members (excludes halogenated alkanes) is 1. The molecule has 5 heteroatoms. The van der Waals surface area contributed by atoms with E-state index in [9.17, 15) is 13.2 Å². The largest absolute Gasteiger partial charge is 0.401 e. The van der Waals surface area contributed by atoms with Crippen LogP contribution in [0.3, 0.4) is 0 Å². The number of nitrogens with zero attached hydrogens (tertiary/aromatic N) is 1. The molecule has 0 aliphatic rings. The van der Waals surface area contributed by atoms with Gasteiger partial charge in [-0.25, -0.2) is 0 Å². The van der Waals surface area contributed by atoms with Crippen LogP contribution < -0.4 is 5.73 Å². The maximum atomic E-state index is 12.4. The summed E-state index contributed by atoms with van der Waals surface area (Å²) < 4.78 is 37.1. The standard InChI is InChI=1S/C13H27F3N2/c1-11(2)18(10-13(14,15)16)8-6-5-7-12(3,4)9-17/h11H,5-10,17H2,1-4H3. The zero-order valence-corrected chi connectivity index (χ0v) is 12.0. The summed E-state index contributed by atoms with van der Waals surface area (Å²) in [4.78, 5) is 1.48. The first kappa shape index (κ1) is 17.7. The SMILES string of the molecule is CC(C)N(CCCCC(C)(C)CN)CC(F)(F)F. The van der Waals surface area contributed by atoms with Gasteiger partial charge in [0.15, 0.2) is 0 Å².